The average molecular weight is 346 g/mol. The Morgan fingerprint density at radius 3 is 1.65 bits per heavy atom. The monoisotopic (exact) mass is 346 g/mol. The molecule has 0 aromatic carbocycles. The van der Waals surface area contributed by atoms with Gasteiger partial charge in [-0.05, 0) is 32.1 Å². The standard InChI is InChI=1S/C18H39N2O2P/c1-2-3-4-5-6-7-8-9-10-11-12-13-14-15-16-17-18-22-23(19,20)21/h9-10H,2-8,11-18H2,1H3,(H4,19,20,21)/b10-9-. The first-order valence-corrected chi connectivity index (χ1v) is 11.3. The molecular weight excluding hydrogens is 307 g/mol. The number of hydrogen-bond acceptors (Lipinski definition) is 2. The van der Waals surface area contributed by atoms with Crippen LogP contribution in [0, 0.1) is 0 Å². The summed E-state index contributed by atoms with van der Waals surface area (Å²) >= 11 is 0. The van der Waals surface area contributed by atoms with Crippen LogP contribution >= 0.6 is 7.67 Å². The lowest BCUT2D eigenvalue weighted by atomic mass is 10.1. The quantitative estimate of drug-likeness (QED) is 0.190. The van der Waals surface area contributed by atoms with Crippen molar-refractivity contribution >= 4 is 7.67 Å². The molecule has 0 fully saturated rings. The third-order valence-electron chi connectivity index (χ3n) is 3.95. The van der Waals surface area contributed by atoms with Crippen molar-refractivity contribution in [1.82, 2.24) is 0 Å². The lowest BCUT2D eigenvalue weighted by molar-refractivity contribution is 0.302. The maximum absolute atomic E-state index is 10.9. The lowest BCUT2D eigenvalue weighted by Gasteiger charge is -2.06. The SMILES string of the molecule is CCCCCCCC/C=C\CCCCCCCCOP(N)(N)=O. The van der Waals surface area contributed by atoms with E-state index in [1.807, 2.05) is 0 Å². The molecule has 0 heterocycles. The molecule has 0 aliphatic rings. The Bertz CT molecular complexity index is 316. The van der Waals surface area contributed by atoms with E-state index in [-0.39, 0.29) is 0 Å². The van der Waals surface area contributed by atoms with Crippen molar-refractivity contribution in [2.45, 2.75) is 96.8 Å². The first-order chi connectivity index (χ1) is 11.1. The number of nitrogens with two attached hydrogens (primary N) is 2. The molecule has 0 aromatic rings. The predicted molar refractivity (Wildman–Crippen MR) is 101 cm³/mol. The number of hydrogen-bond donors (Lipinski definition) is 2. The van der Waals surface area contributed by atoms with Gasteiger partial charge in [-0.1, -0.05) is 76.9 Å². The highest BCUT2D eigenvalue weighted by Crippen LogP contribution is 2.26. The fourth-order valence-corrected chi connectivity index (χ4v) is 2.97. The van der Waals surface area contributed by atoms with Crippen molar-refractivity contribution in [1.29, 1.82) is 0 Å². The molecule has 0 aliphatic heterocycles. The molecular formula is C18H39N2O2P. The lowest BCUT2D eigenvalue weighted by Crippen LogP contribution is -2.08. The molecule has 0 aromatic heterocycles. The van der Waals surface area contributed by atoms with E-state index < -0.39 is 7.67 Å². The van der Waals surface area contributed by atoms with Gasteiger partial charge in [0.1, 0.15) is 0 Å². The normalized spacial score (nSPS) is 12.3. The summed E-state index contributed by atoms with van der Waals surface area (Å²) in [6.07, 6.45) is 22.4. The Kier molecular flexibility index (Phi) is 16.6. The topological polar surface area (TPSA) is 78.3 Å². The Morgan fingerprint density at radius 2 is 1.17 bits per heavy atom. The molecule has 0 unspecified atom stereocenters. The minimum Gasteiger partial charge on any atom is -0.306 e. The first kappa shape index (κ1) is 22.9. The van der Waals surface area contributed by atoms with E-state index in [1.165, 1.54) is 77.0 Å². The van der Waals surface area contributed by atoms with E-state index in [0.29, 0.717) is 6.61 Å². The summed E-state index contributed by atoms with van der Waals surface area (Å²) in [7, 11) is -3.26. The Hall–Kier alpha value is -0.150. The van der Waals surface area contributed by atoms with Crippen LogP contribution in [-0.4, -0.2) is 6.61 Å². The highest BCUT2D eigenvalue weighted by atomic mass is 31.2. The molecule has 0 bridgehead atoms. The molecule has 0 saturated carbocycles. The van der Waals surface area contributed by atoms with Crippen LogP contribution in [0.1, 0.15) is 96.8 Å². The van der Waals surface area contributed by atoms with Gasteiger partial charge in [-0.2, -0.15) is 0 Å². The van der Waals surface area contributed by atoms with Gasteiger partial charge in [0.15, 0.2) is 0 Å². The Labute approximate surface area is 144 Å². The maximum atomic E-state index is 10.9. The molecule has 138 valence electrons. The maximum Gasteiger partial charge on any atom is 0.335 e. The zero-order valence-electron chi connectivity index (χ0n) is 15.2. The zero-order chi connectivity index (χ0) is 17.2. The first-order valence-electron chi connectivity index (χ1n) is 9.53. The summed E-state index contributed by atoms with van der Waals surface area (Å²) in [5, 5.41) is 0. The van der Waals surface area contributed by atoms with Crippen molar-refractivity contribution in [2.75, 3.05) is 6.61 Å². The van der Waals surface area contributed by atoms with E-state index >= 15 is 0 Å². The molecule has 0 atom stereocenters. The van der Waals surface area contributed by atoms with Crippen LogP contribution in [0.5, 0.6) is 0 Å². The molecule has 0 aliphatic carbocycles. The van der Waals surface area contributed by atoms with Gasteiger partial charge in [0.25, 0.3) is 0 Å². The van der Waals surface area contributed by atoms with E-state index in [9.17, 15) is 4.57 Å². The third-order valence-corrected chi connectivity index (χ3v) is 4.54. The molecule has 0 saturated heterocycles. The van der Waals surface area contributed by atoms with Gasteiger partial charge in [0.2, 0.25) is 0 Å². The van der Waals surface area contributed by atoms with Crippen molar-refractivity contribution in [2.24, 2.45) is 11.0 Å². The molecule has 0 spiro atoms. The van der Waals surface area contributed by atoms with Gasteiger partial charge >= 0.3 is 7.67 Å². The fraction of sp³-hybridized carbons (Fsp3) is 0.889. The van der Waals surface area contributed by atoms with E-state index in [2.05, 4.69) is 19.1 Å². The van der Waals surface area contributed by atoms with Crippen LogP contribution in [0.15, 0.2) is 12.2 Å². The molecule has 23 heavy (non-hydrogen) atoms. The number of unbranched alkanes of at least 4 members (excludes halogenated alkanes) is 12. The number of rotatable bonds is 17. The minimum absolute atomic E-state index is 0.408. The van der Waals surface area contributed by atoms with Gasteiger partial charge in [-0.3, -0.25) is 4.57 Å². The molecule has 0 amide bonds. The smallest absolute Gasteiger partial charge is 0.306 e. The van der Waals surface area contributed by atoms with Crippen LogP contribution in [0.2, 0.25) is 0 Å². The van der Waals surface area contributed by atoms with Crippen molar-refractivity contribution < 1.29 is 9.09 Å². The fourth-order valence-electron chi connectivity index (χ4n) is 2.56. The van der Waals surface area contributed by atoms with E-state index in [4.69, 9.17) is 15.5 Å². The van der Waals surface area contributed by atoms with Crippen LogP contribution < -0.4 is 11.0 Å². The zero-order valence-corrected chi connectivity index (χ0v) is 16.1. The van der Waals surface area contributed by atoms with Crippen LogP contribution in [0.4, 0.5) is 0 Å². The number of allylic oxidation sites excluding steroid dienone is 2. The van der Waals surface area contributed by atoms with Gasteiger partial charge in [0.05, 0.1) is 6.61 Å². The van der Waals surface area contributed by atoms with Gasteiger partial charge in [-0.25, -0.2) is 11.0 Å². The second kappa shape index (κ2) is 16.7. The van der Waals surface area contributed by atoms with Gasteiger partial charge in [0, 0.05) is 0 Å². The predicted octanol–water partition coefficient (Wildman–Crippen LogP) is 6.07. The van der Waals surface area contributed by atoms with Crippen molar-refractivity contribution in [3.63, 3.8) is 0 Å². The minimum atomic E-state index is -3.26. The molecule has 0 radical (unpaired) electrons. The largest absolute Gasteiger partial charge is 0.335 e. The van der Waals surface area contributed by atoms with Crippen molar-refractivity contribution in [3.05, 3.63) is 12.2 Å². The average Bonchev–Trinajstić information content (AvgIpc) is 2.49. The summed E-state index contributed by atoms with van der Waals surface area (Å²) in [6.45, 7) is 2.67. The van der Waals surface area contributed by atoms with Gasteiger partial charge < -0.3 is 4.52 Å². The highest BCUT2D eigenvalue weighted by Gasteiger charge is 2.06. The molecule has 5 heteroatoms. The van der Waals surface area contributed by atoms with Crippen LogP contribution in [-0.2, 0) is 9.09 Å². The third kappa shape index (κ3) is 21.9. The summed E-state index contributed by atoms with van der Waals surface area (Å²) in [6, 6.07) is 0. The summed E-state index contributed by atoms with van der Waals surface area (Å²) < 4.78 is 15.8. The molecule has 0 rings (SSSR count). The molecule has 4 N–H and O–H groups in total. The van der Waals surface area contributed by atoms with Crippen molar-refractivity contribution in [3.8, 4) is 0 Å². The Morgan fingerprint density at radius 1 is 0.739 bits per heavy atom. The second-order valence-corrected chi connectivity index (χ2v) is 7.96. The van der Waals surface area contributed by atoms with E-state index in [1.54, 1.807) is 0 Å². The summed E-state index contributed by atoms with van der Waals surface area (Å²) in [4.78, 5) is 0. The second-order valence-electron chi connectivity index (χ2n) is 6.42. The molecule has 4 nitrogen and oxygen atoms in total. The summed E-state index contributed by atoms with van der Waals surface area (Å²) in [5.41, 5.74) is 10.2. The van der Waals surface area contributed by atoms with Crippen LogP contribution in [0.3, 0.4) is 0 Å². The van der Waals surface area contributed by atoms with Gasteiger partial charge in [-0.15, -0.1) is 0 Å². The Balaban J connectivity index is 3.12. The summed E-state index contributed by atoms with van der Waals surface area (Å²) in [5.74, 6) is 0. The highest BCUT2D eigenvalue weighted by molar-refractivity contribution is 7.53. The van der Waals surface area contributed by atoms with E-state index in [0.717, 1.165) is 12.8 Å². The van der Waals surface area contributed by atoms with Crippen LogP contribution in [0.25, 0.3) is 0 Å².